The zero-order valence-electron chi connectivity index (χ0n) is 13.0. The molecule has 2 atom stereocenters. The number of rotatable bonds is 7. The van der Waals surface area contributed by atoms with Crippen molar-refractivity contribution in [3.63, 3.8) is 0 Å². The molecule has 0 spiro atoms. The molecule has 0 radical (unpaired) electrons. The second-order valence-electron chi connectivity index (χ2n) is 5.71. The van der Waals surface area contributed by atoms with Gasteiger partial charge < -0.3 is 14.7 Å². The number of nitrogens with zero attached hydrogens (tertiary/aromatic N) is 1. The minimum absolute atomic E-state index is 0.0527. The molecule has 1 aromatic carbocycles. The number of ether oxygens (including phenoxy) is 1. The van der Waals surface area contributed by atoms with Crippen LogP contribution in [0.3, 0.4) is 0 Å². The third-order valence-corrected chi connectivity index (χ3v) is 4.60. The molecule has 0 bridgehead atoms. The molecule has 2 unspecified atom stereocenters. The standard InChI is InChI=1S/C17H24BrNO3/c1-2-4-16(13-6-8-14(18)9-7-13)19-11-10-15(5-3-12-20)22-17(19)21/h6-9,15-16,20H,2-5,10-12H2,1H3. The van der Waals surface area contributed by atoms with Crippen molar-refractivity contribution in [3.05, 3.63) is 34.3 Å². The highest BCUT2D eigenvalue weighted by molar-refractivity contribution is 9.10. The van der Waals surface area contributed by atoms with Crippen molar-refractivity contribution in [2.75, 3.05) is 13.2 Å². The maximum absolute atomic E-state index is 12.4. The van der Waals surface area contributed by atoms with Gasteiger partial charge in [-0.2, -0.15) is 0 Å². The lowest BCUT2D eigenvalue weighted by atomic mass is 9.99. The number of hydrogen-bond acceptors (Lipinski definition) is 3. The molecule has 1 heterocycles. The fraction of sp³-hybridized carbons (Fsp3) is 0.588. The number of benzene rings is 1. The normalized spacial score (nSPS) is 19.9. The van der Waals surface area contributed by atoms with Crippen molar-refractivity contribution in [2.24, 2.45) is 0 Å². The number of amides is 1. The minimum Gasteiger partial charge on any atom is -0.446 e. The van der Waals surface area contributed by atoms with Gasteiger partial charge in [-0.15, -0.1) is 0 Å². The molecule has 1 N–H and O–H groups in total. The molecule has 1 aliphatic heterocycles. The van der Waals surface area contributed by atoms with E-state index < -0.39 is 0 Å². The highest BCUT2D eigenvalue weighted by Crippen LogP contribution is 2.31. The van der Waals surface area contributed by atoms with Gasteiger partial charge in [0, 0.05) is 24.0 Å². The van der Waals surface area contributed by atoms with E-state index in [4.69, 9.17) is 9.84 Å². The number of cyclic esters (lactones) is 1. The van der Waals surface area contributed by atoms with Gasteiger partial charge in [0.25, 0.3) is 0 Å². The molecular formula is C17H24BrNO3. The lowest BCUT2D eigenvalue weighted by Gasteiger charge is -2.37. The average Bonchev–Trinajstić information content (AvgIpc) is 2.52. The molecular weight excluding hydrogens is 346 g/mol. The van der Waals surface area contributed by atoms with Crippen molar-refractivity contribution in [1.29, 1.82) is 0 Å². The summed E-state index contributed by atoms with van der Waals surface area (Å²) < 4.78 is 6.58. The first-order valence-corrected chi connectivity index (χ1v) is 8.78. The maximum Gasteiger partial charge on any atom is 0.410 e. The minimum atomic E-state index is -0.226. The highest BCUT2D eigenvalue weighted by atomic mass is 79.9. The van der Waals surface area contributed by atoms with Crippen LogP contribution in [0.25, 0.3) is 0 Å². The second kappa shape index (κ2) is 8.53. The zero-order chi connectivity index (χ0) is 15.9. The molecule has 0 aliphatic carbocycles. The van der Waals surface area contributed by atoms with E-state index >= 15 is 0 Å². The summed E-state index contributed by atoms with van der Waals surface area (Å²) in [5, 5.41) is 8.89. The Bertz CT molecular complexity index is 477. The van der Waals surface area contributed by atoms with Crippen molar-refractivity contribution in [1.82, 2.24) is 4.90 Å². The third kappa shape index (κ3) is 4.46. The fourth-order valence-corrected chi connectivity index (χ4v) is 3.17. The monoisotopic (exact) mass is 369 g/mol. The molecule has 1 fully saturated rings. The lowest BCUT2D eigenvalue weighted by molar-refractivity contribution is 0.00397. The smallest absolute Gasteiger partial charge is 0.410 e. The van der Waals surface area contributed by atoms with E-state index in [1.807, 2.05) is 17.0 Å². The first-order valence-electron chi connectivity index (χ1n) is 7.99. The SMILES string of the molecule is CCCC(c1ccc(Br)cc1)N1CCC(CCCO)OC1=O. The molecule has 1 amide bonds. The van der Waals surface area contributed by atoms with Crippen molar-refractivity contribution < 1.29 is 14.6 Å². The Morgan fingerprint density at radius 1 is 1.41 bits per heavy atom. The Morgan fingerprint density at radius 2 is 2.14 bits per heavy atom. The molecule has 122 valence electrons. The summed E-state index contributed by atoms with van der Waals surface area (Å²) >= 11 is 3.45. The van der Waals surface area contributed by atoms with Crippen molar-refractivity contribution >= 4 is 22.0 Å². The molecule has 2 rings (SSSR count). The number of carbonyl (C=O) groups excluding carboxylic acids is 1. The number of aliphatic hydroxyl groups excluding tert-OH is 1. The van der Waals surface area contributed by atoms with Crippen LogP contribution < -0.4 is 0 Å². The summed E-state index contributed by atoms with van der Waals surface area (Å²) in [4.78, 5) is 14.2. The summed E-state index contributed by atoms with van der Waals surface area (Å²) in [6, 6.07) is 8.23. The summed E-state index contributed by atoms with van der Waals surface area (Å²) in [6.45, 7) is 3.00. The number of carbonyl (C=O) groups is 1. The van der Waals surface area contributed by atoms with E-state index in [0.29, 0.717) is 6.42 Å². The van der Waals surface area contributed by atoms with Crippen LogP contribution in [0.1, 0.15) is 50.6 Å². The molecule has 4 nitrogen and oxygen atoms in total. The van der Waals surface area contributed by atoms with Gasteiger partial charge in [-0.25, -0.2) is 4.79 Å². The van der Waals surface area contributed by atoms with Gasteiger partial charge in [0.2, 0.25) is 0 Å². The van der Waals surface area contributed by atoms with E-state index in [9.17, 15) is 4.79 Å². The maximum atomic E-state index is 12.4. The number of hydrogen-bond donors (Lipinski definition) is 1. The first kappa shape index (κ1) is 17.3. The first-order chi connectivity index (χ1) is 10.7. The van der Waals surface area contributed by atoms with Gasteiger partial charge in [0.1, 0.15) is 6.10 Å². The molecule has 1 aromatic rings. The topological polar surface area (TPSA) is 49.8 Å². The van der Waals surface area contributed by atoms with Crippen LogP contribution in [0.5, 0.6) is 0 Å². The predicted octanol–water partition coefficient (Wildman–Crippen LogP) is 4.27. The summed E-state index contributed by atoms with van der Waals surface area (Å²) in [7, 11) is 0. The van der Waals surface area contributed by atoms with Gasteiger partial charge in [0.15, 0.2) is 0 Å². The van der Waals surface area contributed by atoms with Gasteiger partial charge in [-0.1, -0.05) is 41.4 Å². The zero-order valence-corrected chi connectivity index (χ0v) is 14.6. The Balaban J connectivity index is 2.06. The highest BCUT2D eigenvalue weighted by Gasteiger charge is 2.32. The fourth-order valence-electron chi connectivity index (χ4n) is 2.91. The van der Waals surface area contributed by atoms with E-state index in [1.54, 1.807) is 0 Å². The van der Waals surface area contributed by atoms with Crippen LogP contribution in [-0.4, -0.2) is 35.4 Å². The van der Waals surface area contributed by atoms with Crippen LogP contribution in [0.2, 0.25) is 0 Å². The van der Waals surface area contributed by atoms with Gasteiger partial charge in [0.05, 0.1) is 6.04 Å². The summed E-state index contributed by atoms with van der Waals surface area (Å²) in [5.41, 5.74) is 1.15. The van der Waals surface area contributed by atoms with Gasteiger partial charge in [-0.3, -0.25) is 0 Å². The quantitative estimate of drug-likeness (QED) is 0.780. The van der Waals surface area contributed by atoms with Gasteiger partial charge in [-0.05, 0) is 37.0 Å². The molecule has 22 heavy (non-hydrogen) atoms. The van der Waals surface area contributed by atoms with E-state index in [0.717, 1.165) is 42.3 Å². The Hall–Kier alpha value is -1.07. The van der Waals surface area contributed by atoms with Crippen LogP contribution in [0.4, 0.5) is 4.79 Å². The summed E-state index contributed by atoms with van der Waals surface area (Å²) in [6.07, 6.45) is 3.92. The van der Waals surface area contributed by atoms with Crippen LogP contribution in [-0.2, 0) is 4.74 Å². The van der Waals surface area contributed by atoms with Crippen LogP contribution in [0.15, 0.2) is 28.7 Å². The lowest BCUT2D eigenvalue weighted by Crippen LogP contribution is -2.44. The molecule has 1 aliphatic rings. The summed E-state index contributed by atoms with van der Waals surface area (Å²) in [5.74, 6) is 0. The molecule has 5 heteroatoms. The number of halogens is 1. The largest absolute Gasteiger partial charge is 0.446 e. The Kier molecular flexibility index (Phi) is 6.70. The molecule has 1 saturated heterocycles. The third-order valence-electron chi connectivity index (χ3n) is 4.07. The Labute approximate surface area is 140 Å². The van der Waals surface area contributed by atoms with Crippen LogP contribution in [0, 0.1) is 0 Å². The second-order valence-corrected chi connectivity index (χ2v) is 6.63. The number of aliphatic hydroxyl groups is 1. The van der Waals surface area contributed by atoms with Crippen LogP contribution >= 0.6 is 15.9 Å². The van der Waals surface area contributed by atoms with Gasteiger partial charge >= 0.3 is 6.09 Å². The average molecular weight is 370 g/mol. The molecule has 0 aromatic heterocycles. The predicted molar refractivity (Wildman–Crippen MR) is 89.7 cm³/mol. The van der Waals surface area contributed by atoms with E-state index in [-0.39, 0.29) is 24.8 Å². The van der Waals surface area contributed by atoms with Crippen molar-refractivity contribution in [3.8, 4) is 0 Å². The van der Waals surface area contributed by atoms with E-state index in [2.05, 4.69) is 35.0 Å². The molecule has 0 saturated carbocycles. The van der Waals surface area contributed by atoms with E-state index in [1.165, 1.54) is 0 Å². The Morgan fingerprint density at radius 3 is 2.73 bits per heavy atom. The van der Waals surface area contributed by atoms with Crippen molar-refractivity contribution in [2.45, 2.75) is 51.2 Å².